The average molecular weight is 318 g/mol. The van der Waals surface area contributed by atoms with Crippen molar-refractivity contribution in [1.29, 1.82) is 0 Å². The molecule has 1 aromatic rings. The Morgan fingerprint density at radius 3 is 2.82 bits per heavy atom. The smallest absolute Gasteiger partial charge is 0.0609 e. The van der Waals surface area contributed by atoms with E-state index in [4.69, 9.17) is 11.6 Å². The minimum absolute atomic E-state index is 0.251. The van der Waals surface area contributed by atoms with Crippen LogP contribution in [0.1, 0.15) is 31.7 Å². The van der Waals surface area contributed by atoms with Crippen LogP contribution in [0.15, 0.2) is 22.7 Å². The molecule has 0 bridgehead atoms. The van der Waals surface area contributed by atoms with E-state index in [9.17, 15) is 5.11 Å². The highest BCUT2D eigenvalue weighted by molar-refractivity contribution is 9.10. The number of aliphatic hydroxyl groups is 1. The molecule has 0 amide bonds. The maximum absolute atomic E-state index is 10.2. The largest absolute Gasteiger partial charge is 0.392 e. The molecule has 3 heteroatoms. The van der Waals surface area contributed by atoms with Gasteiger partial charge in [0.25, 0.3) is 0 Å². The van der Waals surface area contributed by atoms with Crippen LogP contribution in [-0.4, -0.2) is 11.2 Å². The van der Waals surface area contributed by atoms with E-state index in [-0.39, 0.29) is 6.10 Å². The molecular weight excluding hydrogens is 300 g/mol. The van der Waals surface area contributed by atoms with Crippen LogP contribution in [0.4, 0.5) is 0 Å². The Bertz CT molecular complexity index is 394. The summed E-state index contributed by atoms with van der Waals surface area (Å²) in [6.45, 7) is 2.26. The van der Waals surface area contributed by atoms with E-state index >= 15 is 0 Å². The van der Waals surface area contributed by atoms with Crippen LogP contribution in [0.2, 0.25) is 5.02 Å². The van der Waals surface area contributed by atoms with E-state index in [1.807, 2.05) is 18.2 Å². The number of halogens is 2. The van der Waals surface area contributed by atoms with E-state index in [1.54, 1.807) is 0 Å². The fourth-order valence-electron chi connectivity index (χ4n) is 2.68. The number of hydrogen-bond donors (Lipinski definition) is 1. The molecule has 1 N–H and O–H groups in total. The van der Waals surface area contributed by atoms with E-state index in [2.05, 4.69) is 22.9 Å². The second-order valence-corrected chi connectivity index (χ2v) is 6.51. The molecule has 1 aromatic carbocycles. The highest BCUT2D eigenvalue weighted by Gasteiger charge is 2.27. The minimum Gasteiger partial charge on any atom is -0.392 e. The molecule has 1 aliphatic carbocycles. The van der Waals surface area contributed by atoms with Gasteiger partial charge in [-0.2, -0.15) is 0 Å². The van der Waals surface area contributed by atoms with Crippen LogP contribution in [0.3, 0.4) is 0 Å². The van der Waals surface area contributed by atoms with Crippen molar-refractivity contribution in [1.82, 2.24) is 0 Å². The normalized spacial score (nSPS) is 26.1. The van der Waals surface area contributed by atoms with Gasteiger partial charge >= 0.3 is 0 Å². The van der Waals surface area contributed by atoms with Crippen LogP contribution >= 0.6 is 27.5 Å². The summed E-state index contributed by atoms with van der Waals surface area (Å²) in [4.78, 5) is 0. The monoisotopic (exact) mass is 316 g/mol. The van der Waals surface area contributed by atoms with Gasteiger partial charge in [-0.25, -0.2) is 0 Å². The first kappa shape index (κ1) is 13.4. The number of rotatable bonds is 3. The Hall–Kier alpha value is -0.0500. The summed E-state index contributed by atoms with van der Waals surface area (Å²) in [5, 5.41) is 11.0. The zero-order chi connectivity index (χ0) is 12.4. The lowest BCUT2D eigenvalue weighted by Crippen LogP contribution is -2.20. The fraction of sp³-hybridized carbons (Fsp3) is 0.571. The lowest BCUT2D eigenvalue weighted by atomic mass is 9.94. The molecule has 0 saturated heterocycles. The zero-order valence-electron chi connectivity index (χ0n) is 10.00. The number of hydrogen-bond acceptors (Lipinski definition) is 1. The second kappa shape index (κ2) is 5.73. The Morgan fingerprint density at radius 2 is 2.24 bits per heavy atom. The zero-order valence-corrected chi connectivity index (χ0v) is 12.3. The standard InChI is InChI=1S/C14H18BrClO/c1-9-2-3-11(6-9)14(17)7-10-4-5-12(15)8-13(10)16/h4-5,8-9,11,14,17H,2-3,6-7H2,1H3. The minimum atomic E-state index is -0.251. The first-order chi connectivity index (χ1) is 8.06. The van der Waals surface area contributed by atoms with Crippen molar-refractivity contribution in [3.63, 3.8) is 0 Å². The topological polar surface area (TPSA) is 20.2 Å². The predicted octanol–water partition coefficient (Wildman–Crippen LogP) is 4.44. The molecule has 0 spiro atoms. The highest BCUT2D eigenvalue weighted by Crippen LogP contribution is 2.34. The molecule has 94 valence electrons. The molecule has 0 heterocycles. The van der Waals surface area contributed by atoms with E-state index in [1.165, 1.54) is 6.42 Å². The summed E-state index contributed by atoms with van der Waals surface area (Å²) >= 11 is 9.56. The van der Waals surface area contributed by atoms with Crippen LogP contribution in [0.5, 0.6) is 0 Å². The maximum atomic E-state index is 10.2. The van der Waals surface area contributed by atoms with E-state index in [0.717, 1.165) is 33.8 Å². The SMILES string of the molecule is CC1CCC(C(O)Cc2ccc(Br)cc2Cl)C1. The molecule has 3 atom stereocenters. The van der Waals surface area contributed by atoms with Gasteiger partial charge in [-0.3, -0.25) is 0 Å². The van der Waals surface area contributed by atoms with Crippen LogP contribution in [-0.2, 0) is 6.42 Å². The molecule has 2 rings (SSSR count). The summed E-state index contributed by atoms with van der Waals surface area (Å²) in [5.41, 5.74) is 1.04. The van der Waals surface area contributed by atoms with Crippen molar-refractivity contribution < 1.29 is 5.11 Å². The first-order valence-corrected chi connectivity index (χ1v) is 7.35. The summed E-state index contributed by atoms with van der Waals surface area (Å²) in [5.74, 6) is 1.21. The molecule has 3 unspecified atom stereocenters. The van der Waals surface area contributed by atoms with E-state index < -0.39 is 0 Å². The van der Waals surface area contributed by atoms with Gasteiger partial charge in [-0.1, -0.05) is 46.9 Å². The van der Waals surface area contributed by atoms with Crippen LogP contribution in [0.25, 0.3) is 0 Å². The van der Waals surface area contributed by atoms with Crippen LogP contribution in [0, 0.1) is 11.8 Å². The lowest BCUT2D eigenvalue weighted by molar-refractivity contribution is 0.109. The molecule has 1 fully saturated rings. The second-order valence-electron chi connectivity index (χ2n) is 5.19. The van der Waals surface area contributed by atoms with E-state index in [0.29, 0.717) is 12.3 Å². The van der Waals surface area contributed by atoms with Crippen molar-refractivity contribution in [3.05, 3.63) is 33.3 Å². The van der Waals surface area contributed by atoms with Gasteiger partial charge in [0.15, 0.2) is 0 Å². The van der Waals surface area contributed by atoms with Gasteiger partial charge in [-0.05, 0) is 42.4 Å². The predicted molar refractivity (Wildman–Crippen MR) is 75.4 cm³/mol. The molecule has 1 saturated carbocycles. The summed E-state index contributed by atoms with van der Waals surface area (Å²) in [6.07, 6.45) is 3.96. The third kappa shape index (κ3) is 3.46. The maximum Gasteiger partial charge on any atom is 0.0609 e. The van der Waals surface area contributed by atoms with Gasteiger partial charge in [0.05, 0.1) is 6.10 Å². The molecule has 1 aliphatic rings. The van der Waals surface area contributed by atoms with Crippen molar-refractivity contribution in [2.75, 3.05) is 0 Å². The molecule has 17 heavy (non-hydrogen) atoms. The highest BCUT2D eigenvalue weighted by atomic mass is 79.9. The molecule has 0 aromatic heterocycles. The third-order valence-corrected chi connectivity index (χ3v) is 4.57. The van der Waals surface area contributed by atoms with Crippen molar-refractivity contribution >= 4 is 27.5 Å². The number of benzene rings is 1. The quantitative estimate of drug-likeness (QED) is 0.873. The Kier molecular flexibility index (Phi) is 4.51. The lowest BCUT2D eigenvalue weighted by Gasteiger charge is -2.18. The number of aliphatic hydroxyl groups excluding tert-OH is 1. The molecule has 0 aliphatic heterocycles. The van der Waals surface area contributed by atoms with Crippen molar-refractivity contribution in [2.45, 2.75) is 38.7 Å². The summed E-state index contributed by atoms with van der Waals surface area (Å²) in [6, 6.07) is 5.86. The summed E-state index contributed by atoms with van der Waals surface area (Å²) in [7, 11) is 0. The van der Waals surface area contributed by atoms with Crippen molar-refractivity contribution in [2.24, 2.45) is 11.8 Å². The Balaban J connectivity index is 2.00. The van der Waals surface area contributed by atoms with Gasteiger partial charge in [0.2, 0.25) is 0 Å². The summed E-state index contributed by atoms with van der Waals surface area (Å²) < 4.78 is 0.982. The molecule has 1 nitrogen and oxygen atoms in total. The van der Waals surface area contributed by atoms with Gasteiger partial charge in [0.1, 0.15) is 0 Å². The van der Waals surface area contributed by atoms with Crippen molar-refractivity contribution in [3.8, 4) is 0 Å². The van der Waals surface area contributed by atoms with Gasteiger partial charge in [0, 0.05) is 15.9 Å². The van der Waals surface area contributed by atoms with Gasteiger partial charge in [-0.15, -0.1) is 0 Å². The average Bonchev–Trinajstić information content (AvgIpc) is 2.69. The molecule has 0 radical (unpaired) electrons. The fourth-order valence-corrected chi connectivity index (χ4v) is 3.43. The third-order valence-electron chi connectivity index (χ3n) is 3.72. The van der Waals surface area contributed by atoms with Crippen LogP contribution < -0.4 is 0 Å². The molecular formula is C14H18BrClO. The first-order valence-electron chi connectivity index (χ1n) is 6.18. The Labute approximate surface area is 116 Å². The van der Waals surface area contributed by atoms with Gasteiger partial charge < -0.3 is 5.11 Å². The Morgan fingerprint density at radius 1 is 1.47 bits per heavy atom.